The zero-order chi connectivity index (χ0) is 26.9. The molecule has 2 unspecified atom stereocenters. The number of nitrogens with zero attached hydrogens (tertiary/aromatic N) is 4. The average molecular weight is 506 g/mol. The molecule has 1 saturated carbocycles. The Morgan fingerprint density at radius 3 is 2.24 bits per heavy atom. The number of ether oxygens (including phenoxy) is 2. The zero-order valence-corrected chi connectivity index (χ0v) is 22.4. The van der Waals surface area contributed by atoms with Gasteiger partial charge in [0.15, 0.2) is 5.82 Å². The molecular weight excluding hydrogens is 470 g/mol. The number of aromatic nitrogens is 3. The molecule has 0 radical (unpaired) electrons. The van der Waals surface area contributed by atoms with Crippen LogP contribution in [0, 0.1) is 37.2 Å². The largest absolute Gasteiger partial charge is 0.452 e. The van der Waals surface area contributed by atoms with E-state index in [-0.39, 0.29) is 6.54 Å². The molecule has 9 nitrogen and oxygen atoms in total. The van der Waals surface area contributed by atoms with Gasteiger partial charge < -0.3 is 9.47 Å². The highest BCUT2D eigenvalue weighted by Crippen LogP contribution is 2.43. The van der Waals surface area contributed by atoms with Gasteiger partial charge in [-0.25, -0.2) is 24.3 Å². The van der Waals surface area contributed by atoms with E-state index in [1.54, 1.807) is 4.52 Å². The fourth-order valence-electron chi connectivity index (χ4n) is 5.92. The molecule has 0 bridgehead atoms. The van der Waals surface area contributed by atoms with Crippen LogP contribution in [0.2, 0.25) is 0 Å². The van der Waals surface area contributed by atoms with E-state index in [0.717, 1.165) is 34.4 Å². The minimum absolute atomic E-state index is 0.194. The van der Waals surface area contributed by atoms with Crippen LogP contribution in [0.1, 0.15) is 50.4 Å². The van der Waals surface area contributed by atoms with Gasteiger partial charge in [0.25, 0.3) is 0 Å². The summed E-state index contributed by atoms with van der Waals surface area (Å²) in [5, 5.41) is 3.31. The number of H-pyrrole nitrogens is 1. The summed E-state index contributed by atoms with van der Waals surface area (Å²) in [6.07, 6.45) is 1.28. The third-order valence-electron chi connectivity index (χ3n) is 7.73. The molecule has 1 aliphatic rings. The van der Waals surface area contributed by atoms with Crippen LogP contribution in [0.4, 0.5) is 15.3 Å². The predicted molar refractivity (Wildman–Crippen MR) is 140 cm³/mol. The molecule has 1 fully saturated rings. The Labute approximate surface area is 217 Å². The lowest BCUT2D eigenvalue weighted by atomic mass is 9.67. The summed E-state index contributed by atoms with van der Waals surface area (Å²) in [5.74, 6) is 2.74. The van der Waals surface area contributed by atoms with Gasteiger partial charge in [0.1, 0.15) is 5.65 Å². The Morgan fingerprint density at radius 2 is 1.70 bits per heavy atom. The first-order valence-corrected chi connectivity index (χ1v) is 12.7. The minimum atomic E-state index is -0.860. The van der Waals surface area contributed by atoms with Crippen LogP contribution < -0.4 is 0 Å². The van der Waals surface area contributed by atoms with E-state index in [0.29, 0.717) is 52.9 Å². The van der Waals surface area contributed by atoms with Crippen molar-refractivity contribution in [1.29, 1.82) is 0 Å². The number of hydrogen-bond acceptors (Lipinski definition) is 5. The number of aryl methyl sites for hydroxylation is 1. The molecule has 2 amide bonds. The van der Waals surface area contributed by atoms with Crippen molar-refractivity contribution in [2.75, 3.05) is 14.2 Å². The van der Waals surface area contributed by atoms with Crippen LogP contribution in [-0.4, -0.2) is 45.9 Å². The third kappa shape index (κ3) is 5.06. The maximum absolute atomic E-state index is 12.4. The highest BCUT2D eigenvalue weighted by atomic mass is 16.6. The summed E-state index contributed by atoms with van der Waals surface area (Å²) >= 11 is 0. The number of aromatic amines is 1. The van der Waals surface area contributed by atoms with E-state index < -0.39 is 12.2 Å². The van der Waals surface area contributed by atoms with Crippen molar-refractivity contribution in [3.05, 3.63) is 52.5 Å². The van der Waals surface area contributed by atoms with Crippen molar-refractivity contribution in [3.8, 4) is 11.4 Å². The zero-order valence-electron chi connectivity index (χ0n) is 22.4. The number of nitrogens with one attached hydrogen (secondary N) is 1. The molecule has 2 atom stereocenters. The summed E-state index contributed by atoms with van der Waals surface area (Å²) in [5.41, 5.74) is 4.40. The molecule has 0 spiro atoms. The fraction of sp³-hybridized carbons (Fsp3) is 0.500. The molecule has 2 aromatic heterocycles. The van der Waals surface area contributed by atoms with Gasteiger partial charge >= 0.3 is 12.2 Å². The van der Waals surface area contributed by atoms with Gasteiger partial charge in [0.2, 0.25) is 5.69 Å². The Morgan fingerprint density at radius 1 is 1.11 bits per heavy atom. The van der Waals surface area contributed by atoms with Gasteiger partial charge in [-0.2, -0.15) is 0 Å². The number of carbonyl (C=O) groups is 2. The molecule has 2 heterocycles. The minimum Gasteiger partial charge on any atom is -0.452 e. The van der Waals surface area contributed by atoms with Crippen molar-refractivity contribution >= 4 is 23.5 Å². The highest BCUT2D eigenvalue weighted by Gasteiger charge is 2.35. The average Bonchev–Trinajstić information content (AvgIpc) is 3.41. The van der Waals surface area contributed by atoms with E-state index >= 15 is 0 Å². The van der Waals surface area contributed by atoms with Crippen LogP contribution in [0.3, 0.4) is 0 Å². The van der Waals surface area contributed by atoms with Gasteiger partial charge in [-0.1, -0.05) is 50.6 Å². The van der Waals surface area contributed by atoms with Crippen molar-refractivity contribution in [2.45, 2.75) is 53.5 Å². The SMILES string of the molecule is [C-]#[N+]c1c(CC2C(C)CC(C)CC2C)c2nc(-c3ccc(C)cc3)[nH]n2c1CN(C(=O)OC)C(=O)OC. The first kappa shape index (κ1) is 26.3. The lowest BCUT2D eigenvalue weighted by molar-refractivity contribution is 0.0955. The number of amides is 2. The number of benzene rings is 1. The maximum Gasteiger partial charge on any atom is 0.419 e. The summed E-state index contributed by atoms with van der Waals surface area (Å²) < 4.78 is 11.4. The Hall–Kier alpha value is -3.80. The molecular formula is C28H35N5O4. The van der Waals surface area contributed by atoms with Crippen molar-refractivity contribution in [1.82, 2.24) is 19.5 Å². The van der Waals surface area contributed by atoms with Crippen LogP contribution >= 0.6 is 0 Å². The molecule has 4 rings (SSSR count). The number of carbonyl (C=O) groups excluding carboxylic acids is 2. The van der Waals surface area contributed by atoms with E-state index in [1.807, 2.05) is 31.2 Å². The Kier molecular flexibility index (Phi) is 7.58. The van der Waals surface area contributed by atoms with Crippen molar-refractivity contribution < 1.29 is 19.1 Å². The monoisotopic (exact) mass is 505 g/mol. The quantitative estimate of drug-likeness (QED) is 0.406. The van der Waals surface area contributed by atoms with E-state index in [2.05, 4.69) is 30.7 Å². The fourth-order valence-corrected chi connectivity index (χ4v) is 5.92. The van der Waals surface area contributed by atoms with Gasteiger partial charge in [-0.3, -0.25) is 9.61 Å². The molecule has 1 aromatic carbocycles. The van der Waals surface area contributed by atoms with Crippen LogP contribution in [0.5, 0.6) is 0 Å². The molecule has 196 valence electrons. The van der Waals surface area contributed by atoms with E-state index in [4.69, 9.17) is 21.0 Å². The van der Waals surface area contributed by atoms with Crippen LogP contribution in [-0.2, 0) is 22.4 Å². The molecule has 3 aromatic rings. The second kappa shape index (κ2) is 10.7. The van der Waals surface area contributed by atoms with E-state index in [1.165, 1.54) is 14.2 Å². The molecule has 37 heavy (non-hydrogen) atoms. The van der Waals surface area contributed by atoms with Gasteiger partial charge in [-0.15, -0.1) is 0 Å². The highest BCUT2D eigenvalue weighted by molar-refractivity contribution is 5.88. The number of rotatable bonds is 5. The lowest BCUT2D eigenvalue weighted by Crippen LogP contribution is -2.36. The first-order valence-electron chi connectivity index (χ1n) is 12.7. The number of hydrogen-bond donors (Lipinski definition) is 1. The first-order chi connectivity index (χ1) is 17.7. The van der Waals surface area contributed by atoms with Gasteiger partial charge in [0, 0.05) is 11.1 Å². The summed E-state index contributed by atoms with van der Waals surface area (Å²) in [4.78, 5) is 34.5. The van der Waals surface area contributed by atoms with Crippen LogP contribution in [0.25, 0.3) is 21.9 Å². The number of methoxy groups -OCH3 is 2. The maximum atomic E-state index is 12.4. The molecule has 1 N–H and O–H groups in total. The Balaban J connectivity index is 1.86. The van der Waals surface area contributed by atoms with Crippen molar-refractivity contribution in [3.63, 3.8) is 0 Å². The predicted octanol–water partition coefficient (Wildman–Crippen LogP) is 6.38. The summed E-state index contributed by atoms with van der Waals surface area (Å²) in [7, 11) is 2.40. The van der Waals surface area contributed by atoms with Crippen LogP contribution in [0.15, 0.2) is 24.3 Å². The molecule has 0 aliphatic heterocycles. The standard InChI is InChI=1S/C28H35N5O4/c1-16-8-10-20(11-9-16)25-30-26-22(14-21-18(3)12-17(2)13-19(21)4)24(29-5)23(33(26)31-25)15-32(27(34)36-6)28(35)37-7/h8-11,17-19,21H,12-15H2,1-4,6-7H3,(H,30,31). The lowest BCUT2D eigenvalue weighted by Gasteiger charge is -2.38. The Bertz CT molecular complexity index is 1310. The second-order valence-corrected chi connectivity index (χ2v) is 10.4. The molecule has 1 aliphatic carbocycles. The smallest absolute Gasteiger partial charge is 0.419 e. The van der Waals surface area contributed by atoms with E-state index in [9.17, 15) is 9.59 Å². The summed E-state index contributed by atoms with van der Waals surface area (Å²) in [6, 6.07) is 8.01. The van der Waals surface area contributed by atoms with Gasteiger partial charge in [-0.05, 0) is 49.9 Å². The molecule has 0 saturated heterocycles. The molecule has 9 heteroatoms. The van der Waals surface area contributed by atoms with Gasteiger partial charge in [0.05, 0.1) is 33.0 Å². The van der Waals surface area contributed by atoms with Crippen molar-refractivity contribution in [2.24, 2.45) is 23.7 Å². The number of fused-ring (bicyclic) bond motifs is 1. The summed E-state index contributed by atoms with van der Waals surface area (Å²) in [6.45, 7) is 16.8. The second-order valence-electron chi connectivity index (χ2n) is 10.4. The third-order valence-corrected chi connectivity index (χ3v) is 7.73. The topological polar surface area (TPSA) is 93.3 Å². The number of imide groups is 1. The normalized spacial score (nSPS) is 21.4.